The first-order chi connectivity index (χ1) is 12.7. The Kier molecular flexibility index (Phi) is 5.71. The number of aromatic nitrogens is 3. The summed E-state index contributed by atoms with van der Waals surface area (Å²) < 4.78 is 5.02. The summed E-state index contributed by atoms with van der Waals surface area (Å²) in [7, 11) is 0. The highest BCUT2D eigenvalue weighted by Crippen LogP contribution is 2.23. The van der Waals surface area contributed by atoms with Crippen LogP contribution < -0.4 is 5.32 Å². The minimum atomic E-state index is -0.00983. The lowest BCUT2D eigenvalue weighted by molar-refractivity contribution is 0.0733. The van der Waals surface area contributed by atoms with Crippen molar-refractivity contribution in [2.75, 3.05) is 11.9 Å². The molecule has 0 saturated heterocycles. The quantitative estimate of drug-likeness (QED) is 0.743. The molecular weight excluding hydrogens is 366 g/mol. The van der Waals surface area contributed by atoms with E-state index in [0.717, 1.165) is 29.2 Å². The molecule has 140 valence electrons. The normalized spacial score (nSPS) is 12.9. The van der Waals surface area contributed by atoms with Gasteiger partial charge in [-0.05, 0) is 42.2 Å². The molecule has 0 atom stereocenters. The van der Waals surface area contributed by atoms with Gasteiger partial charge in [0.25, 0.3) is 5.91 Å². The van der Waals surface area contributed by atoms with Gasteiger partial charge in [0.2, 0.25) is 0 Å². The van der Waals surface area contributed by atoms with E-state index in [2.05, 4.69) is 20.3 Å². The van der Waals surface area contributed by atoms with Crippen LogP contribution in [-0.2, 0) is 19.5 Å². The van der Waals surface area contributed by atoms with Crippen LogP contribution in [0.5, 0.6) is 0 Å². The minimum Gasteiger partial charge on any atom is -0.472 e. The van der Waals surface area contributed by atoms with Crippen LogP contribution in [0.3, 0.4) is 0 Å². The molecule has 7 nitrogen and oxygen atoms in total. The second-order valence-corrected chi connectivity index (χ2v) is 6.27. The van der Waals surface area contributed by atoms with Gasteiger partial charge in [0, 0.05) is 38.2 Å². The lowest BCUT2D eigenvalue weighted by Crippen LogP contribution is -2.36. The molecule has 0 spiro atoms. The molecule has 8 heteroatoms. The molecule has 1 amide bonds. The number of carbonyl (C=O) groups is 1. The average Bonchev–Trinajstić information content (AvgIpc) is 3.20. The number of fused-ring (bicyclic) bond motifs is 1. The number of anilines is 1. The third-order valence-corrected chi connectivity index (χ3v) is 4.52. The fourth-order valence-corrected chi connectivity index (χ4v) is 3.20. The van der Waals surface area contributed by atoms with E-state index in [9.17, 15) is 4.79 Å². The van der Waals surface area contributed by atoms with Crippen LogP contribution >= 0.6 is 12.4 Å². The van der Waals surface area contributed by atoms with Crippen LogP contribution in [0, 0.1) is 6.92 Å². The number of hydrogen-bond acceptors (Lipinski definition) is 6. The van der Waals surface area contributed by atoms with Crippen LogP contribution in [-0.4, -0.2) is 32.3 Å². The Balaban J connectivity index is 0.00000210. The summed E-state index contributed by atoms with van der Waals surface area (Å²) in [4.78, 5) is 27.2. The zero-order valence-corrected chi connectivity index (χ0v) is 15.7. The number of amides is 1. The molecule has 0 radical (unpaired) electrons. The van der Waals surface area contributed by atoms with E-state index < -0.39 is 0 Å². The maximum absolute atomic E-state index is 12.5. The van der Waals surface area contributed by atoms with Gasteiger partial charge in [0.15, 0.2) is 0 Å². The van der Waals surface area contributed by atoms with Gasteiger partial charge in [0.1, 0.15) is 17.9 Å². The molecule has 1 aliphatic rings. The van der Waals surface area contributed by atoms with Crippen molar-refractivity contribution >= 4 is 24.1 Å². The first kappa shape index (κ1) is 18.8. The molecule has 1 N–H and O–H groups in total. The van der Waals surface area contributed by atoms with E-state index in [1.807, 2.05) is 30.3 Å². The molecule has 27 heavy (non-hydrogen) atoms. The van der Waals surface area contributed by atoms with Crippen LogP contribution in [0.4, 0.5) is 5.82 Å². The van der Waals surface area contributed by atoms with Crippen LogP contribution in [0.25, 0.3) is 0 Å². The largest absolute Gasteiger partial charge is 0.472 e. The van der Waals surface area contributed by atoms with Gasteiger partial charge in [-0.2, -0.15) is 0 Å². The fraction of sp³-hybridized carbons (Fsp3) is 0.263. The van der Waals surface area contributed by atoms with E-state index >= 15 is 0 Å². The Morgan fingerprint density at radius 3 is 3.00 bits per heavy atom. The summed E-state index contributed by atoms with van der Waals surface area (Å²) >= 11 is 0. The van der Waals surface area contributed by atoms with Crippen molar-refractivity contribution in [1.82, 2.24) is 19.9 Å². The number of nitrogens with zero attached hydrogens (tertiary/aromatic N) is 4. The van der Waals surface area contributed by atoms with Crippen molar-refractivity contribution in [1.29, 1.82) is 0 Å². The summed E-state index contributed by atoms with van der Waals surface area (Å²) in [6.07, 6.45) is 9.28. The second-order valence-electron chi connectivity index (χ2n) is 6.27. The lowest BCUT2D eigenvalue weighted by atomic mass is 9.96. The molecular formula is C19H20ClN5O2. The van der Waals surface area contributed by atoms with Crippen molar-refractivity contribution < 1.29 is 9.21 Å². The summed E-state index contributed by atoms with van der Waals surface area (Å²) in [5.41, 5.74) is 4.06. The average molecular weight is 386 g/mol. The van der Waals surface area contributed by atoms with Gasteiger partial charge in [0.05, 0.1) is 11.8 Å². The number of carbonyl (C=O) groups excluding carboxylic acids is 1. The van der Waals surface area contributed by atoms with E-state index in [4.69, 9.17) is 4.42 Å². The summed E-state index contributed by atoms with van der Waals surface area (Å²) in [6.45, 7) is 3.75. The first-order valence-electron chi connectivity index (χ1n) is 8.50. The smallest absolute Gasteiger partial charge is 0.257 e. The van der Waals surface area contributed by atoms with Gasteiger partial charge in [-0.3, -0.25) is 9.78 Å². The standard InChI is InChI=1S/C19H19N5O2.ClH/c1-13-21-5-2-18(23-13)22-10-15-8-20-9-16-11-24(6-3-17(15)16)19(25)14-4-7-26-12-14;/h2,4-5,7-9,12H,3,6,10-11H2,1H3,(H,21,22,23);1H. The number of pyridine rings is 1. The Bertz CT molecular complexity index is 930. The molecule has 0 fully saturated rings. The van der Waals surface area contributed by atoms with E-state index in [1.54, 1.807) is 12.3 Å². The van der Waals surface area contributed by atoms with Crippen LogP contribution in [0.1, 0.15) is 32.9 Å². The molecule has 0 aromatic carbocycles. The minimum absolute atomic E-state index is 0. The second kappa shape index (κ2) is 8.18. The highest BCUT2D eigenvalue weighted by molar-refractivity contribution is 5.93. The zero-order valence-electron chi connectivity index (χ0n) is 14.9. The van der Waals surface area contributed by atoms with E-state index in [-0.39, 0.29) is 18.3 Å². The van der Waals surface area contributed by atoms with Crippen LogP contribution in [0.15, 0.2) is 47.7 Å². The summed E-state index contributed by atoms with van der Waals surface area (Å²) in [6, 6.07) is 3.54. The monoisotopic (exact) mass is 385 g/mol. The van der Waals surface area contributed by atoms with Crippen LogP contribution in [0.2, 0.25) is 0 Å². The number of rotatable bonds is 4. The third kappa shape index (κ3) is 4.09. The topological polar surface area (TPSA) is 84.2 Å². The molecule has 4 heterocycles. The highest BCUT2D eigenvalue weighted by Gasteiger charge is 2.24. The highest BCUT2D eigenvalue weighted by atomic mass is 35.5. The molecule has 0 aliphatic carbocycles. The van der Waals surface area contributed by atoms with Crippen molar-refractivity contribution in [2.24, 2.45) is 0 Å². The maximum atomic E-state index is 12.5. The Morgan fingerprint density at radius 1 is 1.33 bits per heavy atom. The number of halogens is 1. The Labute approximate surface area is 163 Å². The number of nitrogens with one attached hydrogen (secondary N) is 1. The molecule has 3 aromatic rings. The number of hydrogen-bond donors (Lipinski definition) is 1. The zero-order chi connectivity index (χ0) is 17.9. The molecule has 4 rings (SSSR count). The third-order valence-electron chi connectivity index (χ3n) is 4.52. The summed E-state index contributed by atoms with van der Waals surface area (Å²) in [5, 5.41) is 3.32. The Hall–Kier alpha value is -2.93. The predicted molar refractivity (Wildman–Crippen MR) is 103 cm³/mol. The maximum Gasteiger partial charge on any atom is 0.257 e. The van der Waals surface area contributed by atoms with Crippen molar-refractivity contribution in [3.8, 4) is 0 Å². The number of furan rings is 1. The number of aryl methyl sites for hydroxylation is 1. The molecule has 3 aromatic heterocycles. The van der Waals surface area contributed by atoms with Gasteiger partial charge >= 0.3 is 0 Å². The predicted octanol–water partition coefficient (Wildman–Crippen LogP) is 3.01. The van der Waals surface area contributed by atoms with Crippen molar-refractivity contribution in [3.63, 3.8) is 0 Å². The van der Waals surface area contributed by atoms with Gasteiger partial charge in [-0.15, -0.1) is 12.4 Å². The molecule has 0 unspecified atom stereocenters. The van der Waals surface area contributed by atoms with Gasteiger partial charge < -0.3 is 14.6 Å². The molecule has 1 aliphatic heterocycles. The molecule has 0 bridgehead atoms. The van der Waals surface area contributed by atoms with Gasteiger partial charge in [-0.25, -0.2) is 9.97 Å². The molecule has 0 saturated carbocycles. The van der Waals surface area contributed by atoms with Crippen molar-refractivity contribution in [2.45, 2.75) is 26.4 Å². The van der Waals surface area contributed by atoms with Gasteiger partial charge in [-0.1, -0.05) is 0 Å². The first-order valence-corrected chi connectivity index (χ1v) is 8.50. The lowest BCUT2D eigenvalue weighted by Gasteiger charge is -2.29. The van der Waals surface area contributed by atoms with E-state index in [0.29, 0.717) is 25.2 Å². The van der Waals surface area contributed by atoms with E-state index in [1.165, 1.54) is 18.1 Å². The Morgan fingerprint density at radius 2 is 2.22 bits per heavy atom. The SMILES string of the molecule is Cc1nccc(NCc2cncc3c2CCN(C(=O)c2ccoc2)C3)n1.Cl. The fourth-order valence-electron chi connectivity index (χ4n) is 3.20. The summed E-state index contributed by atoms with van der Waals surface area (Å²) in [5.74, 6) is 1.52. The van der Waals surface area contributed by atoms with Crippen molar-refractivity contribution in [3.05, 3.63) is 71.3 Å².